The zero-order valence-electron chi connectivity index (χ0n) is 14.1. The van der Waals surface area contributed by atoms with E-state index in [2.05, 4.69) is 25.0 Å². The van der Waals surface area contributed by atoms with Gasteiger partial charge in [0.1, 0.15) is 5.75 Å². The van der Waals surface area contributed by atoms with Gasteiger partial charge >= 0.3 is 6.36 Å². The second-order valence-corrected chi connectivity index (χ2v) is 7.83. The maximum Gasteiger partial charge on any atom is 0.573 e. The summed E-state index contributed by atoms with van der Waals surface area (Å²) in [6.07, 6.45) is -2.98. The molecule has 10 heteroatoms. The van der Waals surface area contributed by atoms with Gasteiger partial charge in [-0.05, 0) is 24.0 Å². The molecule has 0 radical (unpaired) electrons. The Labute approximate surface area is 156 Å². The molecule has 27 heavy (non-hydrogen) atoms. The Morgan fingerprint density at radius 3 is 2.67 bits per heavy atom. The molecule has 2 aliphatic heterocycles. The van der Waals surface area contributed by atoms with Crippen LogP contribution in [-0.2, 0) is 0 Å². The molecule has 0 saturated carbocycles. The Morgan fingerprint density at radius 2 is 1.96 bits per heavy atom. The highest BCUT2D eigenvalue weighted by Crippen LogP contribution is 2.34. The average Bonchev–Trinajstić information content (AvgIpc) is 3.31. The number of hydrogen-bond acceptors (Lipinski definition) is 6. The SMILES string of the molecule is FC(F)(F)Oc1cccc(-c2cn3nc(N4CC5CNCC5C4)sc3n2)c1. The quantitative estimate of drug-likeness (QED) is 0.739. The number of benzene rings is 1. The minimum atomic E-state index is -4.72. The number of aromatic nitrogens is 3. The zero-order valence-corrected chi connectivity index (χ0v) is 14.9. The van der Waals surface area contributed by atoms with Crippen LogP contribution in [-0.4, -0.2) is 47.1 Å². The van der Waals surface area contributed by atoms with Crippen LogP contribution in [0.5, 0.6) is 5.75 Å². The van der Waals surface area contributed by atoms with E-state index in [1.165, 1.54) is 29.5 Å². The molecule has 2 atom stereocenters. The molecule has 0 aliphatic carbocycles. The van der Waals surface area contributed by atoms with Gasteiger partial charge in [0.05, 0.1) is 11.9 Å². The van der Waals surface area contributed by atoms with Crippen molar-refractivity contribution in [2.75, 3.05) is 31.1 Å². The Bertz CT molecular complexity index is 941. The van der Waals surface area contributed by atoms with E-state index in [0.29, 0.717) is 23.1 Å². The molecule has 6 nitrogen and oxygen atoms in total. The van der Waals surface area contributed by atoms with Crippen LogP contribution >= 0.6 is 11.3 Å². The smallest absolute Gasteiger partial charge is 0.406 e. The zero-order chi connectivity index (χ0) is 18.6. The molecule has 0 amide bonds. The standard InChI is InChI=1S/C17H16F3N5OS/c18-17(19,20)26-13-3-1-2-10(4-13)14-9-25-15(22-14)27-16(23-25)24-7-11-5-21-6-12(11)8-24/h1-4,9,11-12,21H,5-8H2. The molecule has 2 fully saturated rings. The van der Waals surface area contributed by atoms with Crippen LogP contribution in [0.2, 0.25) is 0 Å². The van der Waals surface area contributed by atoms with Crippen LogP contribution < -0.4 is 15.0 Å². The summed E-state index contributed by atoms with van der Waals surface area (Å²) in [6, 6.07) is 5.81. The van der Waals surface area contributed by atoms with Gasteiger partial charge in [-0.3, -0.25) is 0 Å². The van der Waals surface area contributed by atoms with Crippen molar-refractivity contribution in [3.05, 3.63) is 30.5 Å². The molecular formula is C17H16F3N5OS. The molecule has 5 rings (SSSR count). The lowest BCUT2D eigenvalue weighted by atomic mass is 10.0. The Morgan fingerprint density at radius 1 is 1.19 bits per heavy atom. The van der Waals surface area contributed by atoms with E-state index in [0.717, 1.165) is 36.3 Å². The molecule has 1 aromatic carbocycles. The van der Waals surface area contributed by atoms with Crippen molar-refractivity contribution in [1.29, 1.82) is 0 Å². The molecule has 2 aliphatic rings. The van der Waals surface area contributed by atoms with Gasteiger partial charge in [0, 0.05) is 31.7 Å². The molecule has 2 aromatic heterocycles. The molecule has 142 valence electrons. The van der Waals surface area contributed by atoms with E-state index in [-0.39, 0.29) is 5.75 Å². The second-order valence-electron chi connectivity index (χ2n) is 6.90. The fourth-order valence-electron chi connectivity index (χ4n) is 3.82. The van der Waals surface area contributed by atoms with E-state index in [1.807, 2.05) is 0 Å². The normalized spacial score (nSPS) is 22.6. The lowest BCUT2D eigenvalue weighted by molar-refractivity contribution is -0.274. The number of nitrogens with one attached hydrogen (secondary N) is 1. The third kappa shape index (κ3) is 3.23. The highest BCUT2D eigenvalue weighted by Gasteiger charge is 2.37. The van der Waals surface area contributed by atoms with E-state index in [1.54, 1.807) is 16.8 Å². The molecule has 4 heterocycles. The number of hydrogen-bond donors (Lipinski definition) is 1. The number of anilines is 1. The summed E-state index contributed by atoms with van der Waals surface area (Å²) < 4.78 is 42.9. The van der Waals surface area contributed by atoms with Crippen molar-refractivity contribution in [2.24, 2.45) is 11.8 Å². The van der Waals surface area contributed by atoms with Crippen molar-refractivity contribution < 1.29 is 17.9 Å². The summed E-state index contributed by atoms with van der Waals surface area (Å²) in [5.41, 5.74) is 1.12. The van der Waals surface area contributed by atoms with Gasteiger partial charge in [0.25, 0.3) is 0 Å². The molecule has 3 aromatic rings. The minimum Gasteiger partial charge on any atom is -0.406 e. The Balaban J connectivity index is 1.38. The van der Waals surface area contributed by atoms with Crippen LogP contribution in [0.25, 0.3) is 16.2 Å². The molecular weight excluding hydrogens is 379 g/mol. The molecule has 0 bridgehead atoms. The topological polar surface area (TPSA) is 54.7 Å². The van der Waals surface area contributed by atoms with Crippen LogP contribution in [0.1, 0.15) is 0 Å². The monoisotopic (exact) mass is 395 g/mol. The molecule has 2 saturated heterocycles. The fraction of sp³-hybridized carbons (Fsp3) is 0.412. The third-order valence-corrected chi connectivity index (χ3v) is 6.04. The van der Waals surface area contributed by atoms with Gasteiger partial charge in [0.15, 0.2) is 0 Å². The lowest BCUT2D eigenvalue weighted by Crippen LogP contribution is -2.25. The first-order valence-electron chi connectivity index (χ1n) is 8.63. The summed E-state index contributed by atoms with van der Waals surface area (Å²) in [5, 5.41) is 8.97. The number of nitrogens with zero attached hydrogens (tertiary/aromatic N) is 4. The van der Waals surface area contributed by atoms with Crippen molar-refractivity contribution in [1.82, 2.24) is 19.9 Å². The van der Waals surface area contributed by atoms with Crippen LogP contribution in [0, 0.1) is 11.8 Å². The van der Waals surface area contributed by atoms with Gasteiger partial charge < -0.3 is 15.0 Å². The summed E-state index contributed by atoms with van der Waals surface area (Å²) in [4.78, 5) is 7.55. The van der Waals surface area contributed by atoms with E-state index in [4.69, 9.17) is 0 Å². The molecule has 2 unspecified atom stereocenters. The maximum atomic E-state index is 12.4. The highest BCUT2D eigenvalue weighted by molar-refractivity contribution is 7.20. The third-order valence-electron chi connectivity index (χ3n) is 5.06. The summed E-state index contributed by atoms with van der Waals surface area (Å²) >= 11 is 1.50. The molecule has 1 N–H and O–H groups in total. The Hall–Kier alpha value is -2.33. The molecule has 0 spiro atoms. The summed E-state index contributed by atoms with van der Waals surface area (Å²) in [5.74, 6) is 1.09. The number of ether oxygens (including phenoxy) is 1. The lowest BCUT2D eigenvalue weighted by Gasteiger charge is -2.14. The van der Waals surface area contributed by atoms with Gasteiger partial charge in [-0.2, -0.15) is 0 Å². The Kier molecular flexibility index (Phi) is 3.80. The van der Waals surface area contributed by atoms with Crippen molar-refractivity contribution in [3.63, 3.8) is 0 Å². The first-order valence-corrected chi connectivity index (χ1v) is 9.44. The van der Waals surface area contributed by atoms with Gasteiger partial charge in [0.2, 0.25) is 10.1 Å². The first kappa shape index (κ1) is 16.8. The predicted octanol–water partition coefficient (Wildman–Crippen LogP) is 3.01. The minimum absolute atomic E-state index is 0.262. The second kappa shape index (κ2) is 6.10. The van der Waals surface area contributed by atoms with Gasteiger partial charge in [-0.1, -0.05) is 23.5 Å². The highest BCUT2D eigenvalue weighted by atomic mass is 32.1. The van der Waals surface area contributed by atoms with Gasteiger partial charge in [-0.25, -0.2) is 9.50 Å². The van der Waals surface area contributed by atoms with E-state index in [9.17, 15) is 13.2 Å². The van der Waals surface area contributed by atoms with E-state index < -0.39 is 6.36 Å². The predicted molar refractivity (Wildman–Crippen MR) is 95.0 cm³/mol. The summed E-state index contributed by atoms with van der Waals surface area (Å²) in [6.45, 7) is 4.12. The van der Waals surface area contributed by atoms with Crippen molar-refractivity contribution in [3.8, 4) is 17.0 Å². The fourth-order valence-corrected chi connectivity index (χ4v) is 4.72. The number of fused-ring (bicyclic) bond motifs is 2. The number of imidazole rings is 1. The van der Waals surface area contributed by atoms with E-state index >= 15 is 0 Å². The average molecular weight is 395 g/mol. The van der Waals surface area contributed by atoms with Gasteiger partial charge in [-0.15, -0.1) is 18.3 Å². The number of alkyl halides is 3. The summed E-state index contributed by atoms with van der Waals surface area (Å²) in [7, 11) is 0. The van der Waals surface area contributed by atoms with Crippen molar-refractivity contribution in [2.45, 2.75) is 6.36 Å². The van der Waals surface area contributed by atoms with Crippen LogP contribution in [0.15, 0.2) is 30.5 Å². The van der Waals surface area contributed by atoms with Crippen molar-refractivity contribution >= 4 is 21.4 Å². The number of rotatable bonds is 3. The first-order chi connectivity index (χ1) is 12.9. The number of halogens is 3. The maximum absolute atomic E-state index is 12.4. The largest absolute Gasteiger partial charge is 0.573 e. The van der Waals surface area contributed by atoms with Crippen LogP contribution in [0.3, 0.4) is 0 Å². The van der Waals surface area contributed by atoms with Crippen LogP contribution in [0.4, 0.5) is 18.3 Å².